The Labute approximate surface area is 164 Å². The Morgan fingerprint density at radius 3 is 2.36 bits per heavy atom. The van der Waals surface area contributed by atoms with Gasteiger partial charge in [-0.15, -0.1) is 0 Å². The van der Waals surface area contributed by atoms with E-state index in [1.807, 2.05) is 30.3 Å². The molecule has 142 valence electrons. The van der Waals surface area contributed by atoms with Crippen LogP contribution in [0.1, 0.15) is 53.1 Å². The highest BCUT2D eigenvalue weighted by atomic mass is 16.2. The zero-order valence-electron chi connectivity index (χ0n) is 16.1. The minimum absolute atomic E-state index is 0.0186. The molecule has 0 radical (unpaired) electrons. The van der Waals surface area contributed by atoms with Crippen LogP contribution in [0.15, 0.2) is 60.9 Å². The third-order valence-corrected chi connectivity index (χ3v) is 4.28. The number of hydrogen-bond donors (Lipinski definition) is 2. The summed E-state index contributed by atoms with van der Waals surface area (Å²) >= 11 is 0. The van der Waals surface area contributed by atoms with Gasteiger partial charge in [0.2, 0.25) is 0 Å². The van der Waals surface area contributed by atoms with Crippen LogP contribution in [0.25, 0.3) is 0 Å². The maximum Gasteiger partial charge on any atom is 0.274 e. The summed E-state index contributed by atoms with van der Waals surface area (Å²) in [5.41, 5.74) is 3.47. The molecule has 28 heavy (non-hydrogen) atoms. The van der Waals surface area contributed by atoms with Gasteiger partial charge >= 0.3 is 0 Å². The molecule has 0 spiro atoms. The van der Waals surface area contributed by atoms with E-state index in [9.17, 15) is 9.59 Å². The van der Waals surface area contributed by atoms with Gasteiger partial charge in [-0.1, -0.05) is 38.1 Å². The molecule has 1 heterocycles. The lowest BCUT2D eigenvalue weighted by atomic mass is 10.0. The van der Waals surface area contributed by atoms with Gasteiger partial charge in [-0.3, -0.25) is 9.59 Å². The van der Waals surface area contributed by atoms with Crippen LogP contribution in [0.4, 0.5) is 17.2 Å². The molecule has 0 aliphatic carbocycles. The summed E-state index contributed by atoms with van der Waals surface area (Å²) in [4.78, 5) is 32.2. The molecule has 0 unspecified atom stereocenters. The summed E-state index contributed by atoms with van der Waals surface area (Å²) in [7, 11) is 0. The fraction of sp³-hybridized carbons (Fsp3) is 0.182. The van der Waals surface area contributed by atoms with Crippen LogP contribution >= 0.6 is 0 Å². The number of nitrogens with one attached hydrogen (secondary N) is 2. The van der Waals surface area contributed by atoms with E-state index in [2.05, 4.69) is 34.4 Å². The number of benzene rings is 2. The standard InChI is InChI=1S/C22H22N4O2/c1-14(2)16-7-9-18(10-8-16)26-22(28)20-12-21(24-13-23-20)25-19-6-4-5-17(11-19)15(3)27/h4-14H,1-3H3,(H,26,28)(H,23,24,25). The first-order chi connectivity index (χ1) is 13.4. The van der Waals surface area contributed by atoms with E-state index in [1.165, 1.54) is 18.8 Å². The van der Waals surface area contributed by atoms with Gasteiger partial charge in [-0.2, -0.15) is 0 Å². The second-order valence-corrected chi connectivity index (χ2v) is 6.78. The molecule has 0 fully saturated rings. The molecule has 6 nitrogen and oxygen atoms in total. The van der Waals surface area contributed by atoms with E-state index >= 15 is 0 Å². The lowest BCUT2D eigenvalue weighted by molar-refractivity contribution is 0.101. The quantitative estimate of drug-likeness (QED) is 0.606. The van der Waals surface area contributed by atoms with Crippen molar-refractivity contribution in [2.24, 2.45) is 0 Å². The van der Waals surface area contributed by atoms with Crippen LogP contribution in [0, 0.1) is 0 Å². The van der Waals surface area contributed by atoms with Gasteiger partial charge in [0.25, 0.3) is 5.91 Å². The van der Waals surface area contributed by atoms with Crippen molar-refractivity contribution >= 4 is 28.9 Å². The molecular weight excluding hydrogens is 352 g/mol. The van der Waals surface area contributed by atoms with E-state index < -0.39 is 0 Å². The van der Waals surface area contributed by atoms with Crippen molar-refractivity contribution in [1.82, 2.24) is 9.97 Å². The molecule has 3 aromatic rings. The molecule has 2 aromatic carbocycles. The number of aromatic nitrogens is 2. The number of hydrogen-bond acceptors (Lipinski definition) is 5. The molecule has 3 rings (SSSR count). The molecule has 0 saturated carbocycles. The number of nitrogens with zero attached hydrogens (tertiary/aromatic N) is 2. The van der Waals surface area contributed by atoms with Gasteiger partial charge in [0.05, 0.1) is 0 Å². The SMILES string of the molecule is CC(=O)c1cccc(Nc2cc(C(=O)Nc3ccc(C(C)C)cc3)ncn2)c1. The Bertz CT molecular complexity index is 997. The largest absolute Gasteiger partial charge is 0.340 e. The fourth-order valence-electron chi connectivity index (χ4n) is 2.66. The van der Waals surface area contributed by atoms with E-state index in [-0.39, 0.29) is 17.4 Å². The summed E-state index contributed by atoms with van der Waals surface area (Å²) in [5.74, 6) is 0.563. The van der Waals surface area contributed by atoms with Crippen molar-refractivity contribution in [1.29, 1.82) is 0 Å². The second kappa shape index (κ2) is 8.43. The summed E-state index contributed by atoms with van der Waals surface area (Å²) < 4.78 is 0. The summed E-state index contributed by atoms with van der Waals surface area (Å²) in [6, 6.07) is 16.4. The lowest BCUT2D eigenvalue weighted by Gasteiger charge is -2.10. The van der Waals surface area contributed by atoms with Gasteiger partial charge in [0, 0.05) is 23.0 Å². The molecular formula is C22H22N4O2. The Balaban J connectivity index is 1.72. The first-order valence-corrected chi connectivity index (χ1v) is 9.04. The minimum Gasteiger partial charge on any atom is -0.340 e. The Hall–Kier alpha value is -3.54. The molecule has 0 aliphatic rings. The third-order valence-electron chi connectivity index (χ3n) is 4.28. The van der Waals surface area contributed by atoms with Crippen molar-refractivity contribution in [3.63, 3.8) is 0 Å². The average molecular weight is 374 g/mol. The molecule has 0 atom stereocenters. The van der Waals surface area contributed by atoms with Gasteiger partial charge in [0.15, 0.2) is 5.78 Å². The maximum atomic E-state index is 12.5. The zero-order valence-corrected chi connectivity index (χ0v) is 16.1. The lowest BCUT2D eigenvalue weighted by Crippen LogP contribution is -2.14. The summed E-state index contributed by atoms with van der Waals surface area (Å²) in [5, 5.41) is 5.93. The minimum atomic E-state index is -0.319. The highest BCUT2D eigenvalue weighted by molar-refractivity contribution is 6.03. The maximum absolute atomic E-state index is 12.5. The highest BCUT2D eigenvalue weighted by Crippen LogP contribution is 2.19. The van der Waals surface area contributed by atoms with Crippen molar-refractivity contribution in [3.05, 3.63) is 77.7 Å². The fourth-order valence-corrected chi connectivity index (χ4v) is 2.66. The Morgan fingerprint density at radius 2 is 1.68 bits per heavy atom. The van der Waals surface area contributed by atoms with E-state index in [4.69, 9.17) is 0 Å². The number of Topliss-reactive ketones (excluding diaryl/α,β-unsaturated/α-hetero) is 1. The van der Waals surface area contributed by atoms with Crippen molar-refractivity contribution < 1.29 is 9.59 Å². The molecule has 0 bridgehead atoms. The van der Waals surface area contributed by atoms with Crippen molar-refractivity contribution in [2.75, 3.05) is 10.6 Å². The molecule has 1 amide bonds. The number of anilines is 3. The second-order valence-electron chi connectivity index (χ2n) is 6.78. The highest BCUT2D eigenvalue weighted by Gasteiger charge is 2.10. The first kappa shape index (κ1) is 19.2. The van der Waals surface area contributed by atoms with Crippen LogP contribution in [0.2, 0.25) is 0 Å². The average Bonchev–Trinajstić information content (AvgIpc) is 2.69. The zero-order chi connectivity index (χ0) is 20.1. The van der Waals surface area contributed by atoms with E-state index in [0.29, 0.717) is 28.7 Å². The smallest absolute Gasteiger partial charge is 0.274 e. The van der Waals surface area contributed by atoms with Crippen molar-refractivity contribution in [2.45, 2.75) is 26.7 Å². The van der Waals surface area contributed by atoms with Crippen LogP contribution in [-0.2, 0) is 0 Å². The van der Waals surface area contributed by atoms with Crippen LogP contribution in [0.3, 0.4) is 0 Å². The predicted octanol–water partition coefficient (Wildman–Crippen LogP) is 4.80. The third kappa shape index (κ3) is 4.79. The molecule has 6 heteroatoms. The number of rotatable bonds is 6. The van der Waals surface area contributed by atoms with Crippen LogP contribution in [0.5, 0.6) is 0 Å². The Morgan fingerprint density at radius 1 is 0.929 bits per heavy atom. The van der Waals surface area contributed by atoms with E-state index in [0.717, 1.165) is 0 Å². The molecule has 0 aliphatic heterocycles. The normalized spacial score (nSPS) is 10.6. The van der Waals surface area contributed by atoms with Gasteiger partial charge in [-0.05, 0) is 42.7 Å². The van der Waals surface area contributed by atoms with Crippen LogP contribution < -0.4 is 10.6 Å². The topological polar surface area (TPSA) is 84.0 Å². The first-order valence-electron chi connectivity index (χ1n) is 9.04. The number of carbonyl (C=O) groups excluding carboxylic acids is 2. The van der Waals surface area contributed by atoms with Gasteiger partial charge in [-0.25, -0.2) is 9.97 Å². The van der Waals surface area contributed by atoms with Crippen LogP contribution in [-0.4, -0.2) is 21.7 Å². The molecule has 0 saturated heterocycles. The van der Waals surface area contributed by atoms with Gasteiger partial charge < -0.3 is 10.6 Å². The summed E-state index contributed by atoms with van der Waals surface area (Å²) in [6.07, 6.45) is 1.33. The molecule has 1 aromatic heterocycles. The Kier molecular flexibility index (Phi) is 5.79. The van der Waals surface area contributed by atoms with E-state index in [1.54, 1.807) is 24.3 Å². The van der Waals surface area contributed by atoms with Gasteiger partial charge in [0.1, 0.15) is 17.8 Å². The summed E-state index contributed by atoms with van der Waals surface area (Å²) in [6.45, 7) is 5.75. The number of ketones is 1. The van der Waals surface area contributed by atoms with Crippen molar-refractivity contribution in [3.8, 4) is 0 Å². The number of amides is 1. The monoisotopic (exact) mass is 374 g/mol. The molecule has 2 N–H and O–H groups in total. The predicted molar refractivity (Wildman–Crippen MR) is 110 cm³/mol. The number of carbonyl (C=O) groups is 2.